The zero-order chi connectivity index (χ0) is 14.9. The lowest BCUT2D eigenvalue weighted by molar-refractivity contribution is 0.0982. The largest absolute Gasteiger partial charge is 0.277 e. The summed E-state index contributed by atoms with van der Waals surface area (Å²) in [7, 11) is -3.69. The highest BCUT2D eigenvalue weighted by molar-refractivity contribution is 7.89. The molecule has 106 valence electrons. The molecule has 1 aromatic heterocycles. The number of aromatic amines is 1. The number of benzene rings is 1. The van der Waals surface area contributed by atoms with Crippen LogP contribution in [0.4, 0.5) is 4.39 Å². The molecule has 6 nitrogen and oxygen atoms in total. The molecule has 9 heteroatoms. The van der Waals surface area contributed by atoms with Crippen molar-refractivity contribution in [1.82, 2.24) is 14.9 Å². The third-order valence-electron chi connectivity index (χ3n) is 2.37. The Labute approximate surface area is 119 Å². The molecule has 0 fully saturated rings. The number of aromatic nitrogens is 2. The van der Waals surface area contributed by atoms with Crippen molar-refractivity contribution < 1.29 is 17.6 Å². The van der Waals surface area contributed by atoms with Crippen LogP contribution in [-0.4, -0.2) is 30.8 Å². The highest BCUT2D eigenvalue weighted by Crippen LogP contribution is 2.25. The van der Waals surface area contributed by atoms with Crippen LogP contribution in [0.5, 0.6) is 0 Å². The minimum atomic E-state index is -3.69. The first-order valence-corrected chi connectivity index (χ1v) is 7.56. The van der Waals surface area contributed by atoms with Crippen molar-refractivity contribution in [3.8, 4) is 11.3 Å². The molecule has 0 unspecified atom stereocenters. The molecule has 20 heavy (non-hydrogen) atoms. The summed E-state index contributed by atoms with van der Waals surface area (Å²) in [5, 5.41) is 6.11. The highest BCUT2D eigenvalue weighted by atomic mass is 35.5. The maximum Gasteiger partial charge on any atom is 0.268 e. The predicted molar refractivity (Wildman–Crippen MR) is 71.3 cm³/mol. The van der Waals surface area contributed by atoms with E-state index in [9.17, 15) is 17.6 Å². The normalized spacial score (nSPS) is 11.3. The molecular weight excluding hydrogens is 309 g/mol. The summed E-state index contributed by atoms with van der Waals surface area (Å²) in [6, 6.07) is 3.84. The summed E-state index contributed by atoms with van der Waals surface area (Å²) in [5.74, 6) is -1.44. The van der Waals surface area contributed by atoms with Gasteiger partial charge in [-0.1, -0.05) is 11.6 Å². The van der Waals surface area contributed by atoms with E-state index in [4.69, 9.17) is 11.6 Å². The molecule has 0 bridgehead atoms. The van der Waals surface area contributed by atoms with Crippen molar-refractivity contribution in [3.05, 3.63) is 40.8 Å². The number of nitrogens with zero attached hydrogens (tertiary/aromatic N) is 1. The highest BCUT2D eigenvalue weighted by Gasteiger charge is 2.18. The molecule has 0 aliphatic heterocycles. The Bertz CT molecular complexity index is 773. The van der Waals surface area contributed by atoms with Crippen LogP contribution in [0.15, 0.2) is 24.4 Å². The average molecular weight is 318 g/mol. The second-order valence-electron chi connectivity index (χ2n) is 3.99. The van der Waals surface area contributed by atoms with E-state index in [0.29, 0.717) is 5.56 Å². The quantitative estimate of drug-likeness (QED) is 0.898. The fourth-order valence-corrected chi connectivity index (χ4v) is 2.18. The van der Waals surface area contributed by atoms with Crippen LogP contribution in [0, 0.1) is 5.82 Å². The molecule has 0 spiro atoms. The van der Waals surface area contributed by atoms with E-state index in [1.165, 1.54) is 18.3 Å². The Morgan fingerprint density at radius 1 is 1.45 bits per heavy atom. The molecule has 2 N–H and O–H groups in total. The molecule has 0 saturated carbocycles. The molecule has 1 aromatic carbocycles. The lowest BCUT2D eigenvalue weighted by Crippen LogP contribution is -2.29. The first kappa shape index (κ1) is 14.5. The smallest absolute Gasteiger partial charge is 0.268 e. The van der Waals surface area contributed by atoms with Crippen LogP contribution in [0.25, 0.3) is 11.3 Å². The summed E-state index contributed by atoms with van der Waals surface area (Å²) in [5.41, 5.74) is 0.665. The SMILES string of the molecule is CS(=O)(=O)NC(=O)c1cn[nH]c1-c1ccc(F)c(Cl)c1. The maximum absolute atomic E-state index is 13.1. The number of halogens is 2. The number of carbonyl (C=O) groups is 1. The second-order valence-corrected chi connectivity index (χ2v) is 6.15. The zero-order valence-corrected chi connectivity index (χ0v) is 11.7. The van der Waals surface area contributed by atoms with E-state index in [2.05, 4.69) is 10.2 Å². The zero-order valence-electron chi connectivity index (χ0n) is 10.1. The monoisotopic (exact) mass is 317 g/mol. The van der Waals surface area contributed by atoms with Crippen molar-refractivity contribution >= 4 is 27.5 Å². The maximum atomic E-state index is 13.1. The molecule has 1 amide bonds. The van der Waals surface area contributed by atoms with Gasteiger partial charge < -0.3 is 0 Å². The van der Waals surface area contributed by atoms with Gasteiger partial charge in [-0.15, -0.1) is 0 Å². The van der Waals surface area contributed by atoms with Gasteiger partial charge in [-0.3, -0.25) is 9.89 Å². The van der Waals surface area contributed by atoms with Crippen molar-refractivity contribution in [3.63, 3.8) is 0 Å². The Morgan fingerprint density at radius 2 is 2.15 bits per heavy atom. The van der Waals surface area contributed by atoms with E-state index in [-0.39, 0.29) is 16.3 Å². The van der Waals surface area contributed by atoms with Crippen molar-refractivity contribution in [2.24, 2.45) is 0 Å². The van der Waals surface area contributed by atoms with Gasteiger partial charge >= 0.3 is 0 Å². The summed E-state index contributed by atoms with van der Waals surface area (Å²) in [4.78, 5) is 11.8. The number of amides is 1. The van der Waals surface area contributed by atoms with E-state index in [1.54, 1.807) is 0 Å². The summed E-state index contributed by atoms with van der Waals surface area (Å²) < 4.78 is 37.0. The van der Waals surface area contributed by atoms with Gasteiger partial charge in [0.1, 0.15) is 5.82 Å². The number of hydrogen-bond acceptors (Lipinski definition) is 4. The van der Waals surface area contributed by atoms with Crippen molar-refractivity contribution in [2.45, 2.75) is 0 Å². The first-order chi connectivity index (χ1) is 9.28. The average Bonchev–Trinajstić information content (AvgIpc) is 2.79. The second kappa shape index (κ2) is 5.22. The third kappa shape index (κ3) is 3.14. The summed E-state index contributed by atoms with van der Waals surface area (Å²) in [6.07, 6.45) is 2.03. The van der Waals surface area contributed by atoms with Crippen molar-refractivity contribution in [2.75, 3.05) is 6.26 Å². The number of H-pyrrole nitrogens is 1. The van der Waals surface area contributed by atoms with E-state index in [1.807, 2.05) is 4.72 Å². The topological polar surface area (TPSA) is 91.9 Å². The van der Waals surface area contributed by atoms with E-state index < -0.39 is 21.7 Å². The fourth-order valence-electron chi connectivity index (χ4n) is 1.55. The van der Waals surface area contributed by atoms with Gasteiger partial charge in [-0.05, 0) is 18.2 Å². The fraction of sp³-hybridized carbons (Fsp3) is 0.0909. The van der Waals surface area contributed by atoms with Crippen LogP contribution in [0.3, 0.4) is 0 Å². The first-order valence-electron chi connectivity index (χ1n) is 5.29. The van der Waals surface area contributed by atoms with Crippen LogP contribution >= 0.6 is 11.6 Å². The van der Waals surface area contributed by atoms with E-state index in [0.717, 1.165) is 12.3 Å². The van der Waals surface area contributed by atoms with Crippen LogP contribution in [-0.2, 0) is 10.0 Å². The van der Waals surface area contributed by atoms with Gasteiger partial charge in [-0.25, -0.2) is 17.5 Å². The Hall–Kier alpha value is -1.93. The lowest BCUT2D eigenvalue weighted by Gasteiger charge is -2.04. The van der Waals surface area contributed by atoms with Gasteiger partial charge in [0.15, 0.2) is 0 Å². The Balaban J connectivity index is 2.42. The Morgan fingerprint density at radius 3 is 2.75 bits per heavy atom. The molecule has 2 rings (SSSR count). The molecular formula is C11H9ClFN3O3S. The molecule has 0 saturated heterocycles. The van der Waals surface area contributed by atoms with Crippen molar-refractivity contribution in [1.29, 1.82) is 0 Å². The standard InChI is InChI=1S/C11H9ClFN3O3S/c1-20(18,19)16-11(17)7-5-14-15-10(7)6-2-3-9(13)8(12)4-6/h2-5H,1H3,(H,14,15)(H,16,17). The van der Waals surface area contributed by atoms with Crippen LogP contribution < -0.4 is 4.72 Å². The minimum absolute atomic E-state index is 0.0121. The Kier molecular flexibility index (Phi) is 3.78. The minimum Gasteiger partial charge on any atom is -0.277 e. The molecule has 0 aliphatic carbocycles. The van der Waals surface area contributed by atoms with Gasteiger partial charge in [0.25, 0.3) is 5.91 Å². The van der Waals surface area contributed by atoms with Crippen LogP contribution in [0.1, 0.15) is 10.4 Å². The van der Waals surface area contributed by atoms with Gasteiger partial charge in [0.05, 0.1) is 28.7 Å². The predicted octanol–water partition coefficient (Wildman–Crippen LogP) is 1.56. The molecule has 1 heterocycles. The summed E-state index contributed by atoms with van der Waals surface area (Å²) in [6.45, 7) is 0. The van der Waals surface area contributed by atoms with Gasteiger partial charge in [0.2, 0.25) is 10.0 Å². The summed E-state index contributed by atoms with van der Waals surface area (Å²) >= 11 is 5.66. The molecule has 2 aromatic rings. The van der Waals surface area contributed by atoms with E-state index >= 15 is 0 Å². The third-order valence-corrected chi connectivity index (χ3v) is 3.22. The van der Waals surface area contributed by atoms with Gasteiger partial charge in [-0.2, -0.15) is 5.10 Å². The number of carbonyl (C=O) groups excluding carboxylic acids is 1. The molecule has 0 atom stereocenters. The molecule has 0 radical (unpaired) electrons. The number of nitrogens with one attached hydrogen (secondary N) is 2. The number of hydrogen-bond donors (Lipinski definition) is 2. The number of sulfonamides is 1. The van der Waals surface area contributed by atoms with Crippen LogP contribution in [0.2, 0.25) is 5.02 Å². The molecule has 0 aliphatic rings. The lowest BCUT2D eigenvalue weighted by atomic mass is 10.1. The number of rotatable bonds is 3. The van der Waals surface area contributed by atoms with Gasteiger partial charge in [0, 0.05) is 5.56 Å².